The van der Waals surface area contributed by atoms with E-state index in [4.69, 9.17) is 10.4 Å². The van der Waals surface area contributed by atoms with E-state index in [0.29, 0.717) is 11.2 Å². The van der Waals surface area contributed by atoms with Crippen LogP contribution in [0.5, 0.6) is 0 Å². The lowest BCUT2D eigenvalue weighted by Gasteiger charge is -2.10. The van der Waals surface area contributed by atoms with Crippen LogP contribution in [0.2, 0.25) is 0 Å². The van der Waals surface area contributed by atoms with Crippen molar-refractivity contribution in [1.82, 2.24) is 24.1 Å². The summed E-state index contributed by atoms with van der Waals surface area (Å²) in [5, 5.41) is 14.7. The van der Waals surface area contributed by atoms with Gasteiger partial charge in [0.1, 0.15) is 0 Å². The van der Waals surface area contributed by atoms with Crippen LogP contribution in [-0.4, -0.2) is 29.9 Å². The lowest BCUT2D eigenvalue weighted by Crippen LogP contribution is -2.17. The molecule has 240 valence electrons. The lowest BCUT2D eigenvalue weighted by molar-refractivity contribution is 1.05. The average molecular weight is 656 g/mol. The zero-order valence-corrected chi connectivity index (χ0v) is 27.3. The molecule has 4 heterocycles. The van der Waals surface area contributed by atoms with Gasteiger partial charge < -0.3 is 14.1 Å². The Morgan fingerprint density at radius 2 is 1.16 bits per heavy atom. The standard InChI is InChI=1S/C44H29N7/c45-43(49-44-47-37-17-7-4-16-34(37)42(48-44)28-11-2-1-3-12-28)29-20-22-30(23-21-29)50-38-18-8-5-14-32(38)35-26-41-36(25-40(35)50)33-15-6-9-19-39(33)51(41)31-13-10-24-46-27-31/h1-27H,(H2,45,47,48,49). The number of fused-ring (bicyclic) bond motifs is 7. The van der Waals surface area contributed by atoms with Crippen molar-refractivity contribution in [2.75, 3.05) is 0 Å². The second kappa shape index (κ2) is 11.5. The van der Waals surface area contributed by atoms with Gasteiger partial charge in [-0.15, -0.1) is 0 Å². The molecule has 0 atom stereocenters. The van der Waals surface area contributed by atoms with E-state index in [2.05, 4.69) is 103 Å². The van der Waals surface area contributed by atoms with Gasteiger partial charge in [0.15, 0.2) is 5.84 Å². The quantitative estimate of drug-likeness (QED) is 0.146. The number of benzene rings is 6. The predicted molar refractivity (Wildman–Crippen MR) is 207 cm³/mol. The van der Waals surface area contributed by atoms with Gasteiger partial charge in [0.2, 0.25) is 5.62 Å². The molecule has 51 heavy (non-hydrogen) atoms. The number of aromatic nitrogens is 5. The number of H-pyrrole nitrogens is 1. The Labute approximate surface area is 292 Å². The monoisotopic (exact) mass is 655 g/mol. The van der Waals surface area contributed by atoms with Crippen molar-refractivity contribution in [2.45, 2.75) is 0 Å². The fourth-order valence-corrected chi connectivity index (χ4v) is 7.39. The highest BCUT2D eigenvalue weighted by Crippen LogP contribution is 2.39. The topological polar surface area (TPSA) is 87.6 Å². The van der Waals surface area contributed by atoms with Gasteiger partial charge in [-0.2, -0.15) is 4.99 Å². The van der Waals surface area contributed by atoms with Crippen molar-refractivity contribution in [1.29, 1.82) is 5.41 Å². The second-order valence-electron chi connectivity index (χ2n) is 12.6. The van der Waals surface area contributed by atoms with E-state index in [9.17, 15) is 0 Å². The Morgan fingerprint density at radius 3 is 1.82 bits per heavy atom. The van der Waals surface area contributed by atoms with Crippen LogP contribution >= 0.6 is 0 Å². The van der Waals surface area contributed by atoms with E-state index >= 15 is 0 Å². The van der Waals surface area contributed by atoms with Crippen LogP contribution < -0.4 is 5.62 Å². The molecule has 7 heteroatoms. The molecule has 0 unspecified atom stereocenters. The number of nitrogens with one attached hydrogen (secondary N) is 2. The molecule has 7 nitrogen and oxygen atoms in total. The first kappa shape index (κ1) is 28.9. The Morgan fingerprint density at radius 1 is 0.549 bits per heavy atom. The molecule has 4 aromatic heterocycles. The minimum Gasteiger partial charge on any atom is -0.323 e. The summed E-state index contributed by atoms with van der Waals surface area (Å²) in [5.74, 6) is 0.131. The highest BCUT2D eigenvalue weighted by molar-refractivity contribution is 6.19. The van der Waals surface area contributed by atoms with Crippen LogP contribution in [-0.2, 0) is 0 Å². The Bertz CT molecular complexity index is 3020. The normalized spacial score (nSPS) is 12.1. The third kappa shape index (κ3) is 4.67. The van der Waals surface area contributed by atoms with Crippen molar-refractivity contribution in [3.63, 3.8) is 0 Å². The fourth-order valence-electron chi connectivity index (χ4n) is 7.39. The van der Waals surface area contributed by atoms with Gasteiger partial charge in [-0.1, -0.05) is 84.9 Å². The van der Waals surface area contributed by atoms with E-state index in [1.54, 1.807) is 0 Å². The molecule has 10 aromatic rings. The van der Waals surface area contributed by atoms with E-state index in [1.165, 1.54) is 21.5 Å². The number of amidine groups is 1. The van der Waals surface area contributed by atoms with E-state index in [1.807, 2.05) is 85.2 Å². The summed E-state index contributed by atoms with van der Waals surface area (Å²) in [7, 11) is 0. The van der Waals surface area contributed by atoms with Crippen LogP contribution in [0.4, 0.5) is 0 Å². The number of pyridine rings is 1. The fraction of sp³-hybridized carbons (Fsp3) is 0. The molecule has 0 fully saturated rings. The molecule has 0 saturated carbocycles. The zero-order valence-electron chi connectivity index (χ0n) is 27.3. The first-order valence-electron chi connectivity index (χ1n) is 16.9. The second-order valence-corrected chi connectivity index (χ2v) is 12.6. The molecule has 0 radical (unpaired) electrons. The molecule has 0 aliphatic carbocycles. The molecule has 0 bridgehead atoms. The predicted octanol–water partition coefficient (Wildman–Crippen LogP) is 9.75. The molecule has 6 aromatic carbocycles. The molecule has 10 rings (SSSR count). The summed E-state index contributed by atoms with van der Waals surface area (Å²) in [6, 6.07) is 52.0. The minimum absolute atomic E-state index is 0.131. The van der Waals surface area contributed by atoms with Crippen LogP contribution in [0.15, 0.2) is 169 Å². The number of aromatic amines is 1. The maximum atomic E-state index is 8.96. The smallest absolute Gasteiger partial charge is 0.229 e. The first-order valence-corrected chi connectivity index (χ1v) is 16.9. The van der Waals surface area contributed by atoms with E-state index in [-0.39, 0.29) is 5.84 Å². The van der Waals surface area contributed by atoms with E-state index in [0.717, 1.165) is 55.6 Å². The van der Waals surface area contributed by atoms with Crippen molar-refractivity contribution < 1.29 is 0 Å². The van der Waals surface area contributed by atoms with Crippen molar-refractivity contribution in [3.05, 3.63) is 175 Å². The van der Waals surface area contributed by atoms with Gasteiger partial charge in [0, 0.05) is 49.9 Å². The maximum Gasteiger partial charge on any atom is 0.229 e. The number of hydrogen-bond acceptors (Lipinski definition) is 3. The summed E-state index contributed by atoms with van der Waals surface area (Å²) in [6.07, 6.45) is 3.73. The van der Waals surface area contributed by atoms with Gasteiger partial charge in [-0.25, -0.2) is 4.98 Å². The highest BCUT2D eigenvalue weighted by atomic mass is 15.0. The van der Waals surface area contributed by atoms with Gasteiger partial charge in [-0.05, 0) is 66.7 Å². The summed E-state index contributed by atoms with van der Waals surface area (Å²) >= 11 is 0. The van der Waals surface area contributed by atoms with Crippen LogP contribution in [0.3, 0.4) is 0 Å². The molecule has 0 aliphatic rings. The average Bonchev–Trinajstić information content (AvgIpc) is 3.69. The van der Waals surface area contributed by atoms with Crippen molar-refractivity contribution in [2.24, 2.45) is 4.99 Å². The maximum absolute atomic E-state index is 8.96. The number of nitrogens with zero attached hydrogens (tertiary/aromatic N) is 5. The number of hydrogen-bond donors (Lipinski definition) is 2. The summed E-state index contributed by atoms with van der Waals surface area (Å²) < 4.78 is 4.62. The molecule has 0 aliphatic heterocycles. The van der Waals surface area contributed by atoms with E-state index < -0.39 is 0 Å². The van der Waals surface area contributed by atoms with Crippen LogP contribution in [0.1, 0.15) is 5.56 Å². The third-order valence-electron chi connectivity index (χ3n) is 9.68. The molecule has 2 N–H and O–H groups in total. The first-order chi connectivity index (χ1) is 25.2. The van der Waals surface area contributed by atoms with Gasteiger partial charge >= 0.3 is 0 Å². The third-order valence-corrected chi connectivity index (χ3v) is 9.68. The highest BCUT2D eigenvalue weighted by Gasteiger charge is 2.18. The lowest BCUT2D eigenvalue weighted by atomic mass is 10.1. The summed E-state index contributed by atoms with van der Waals surface area (Å²) in [6.45, 7) is 0. The largest absolute Gasteiger partial charge is 0.323 e. The van der Waals surface area contributed by atoms with Gasteiger partial charge in [-0.3, -0.25) is 10.4 Å². The van der Waals surface area contributed by atoms with Gasteiger partial charge in [0.25, 0.3) is 0 Å². The zero-order chi connectivity index (χ0) is 33.9. The van der Waals surface area contributed by atoms with Crippen molar-refractivity contribution in [3.8, 4) is 22.6 Å². The minimum atomic E-state index is 0.131. The Balaban J connectivity index is 1.10. The summed E-state index contributed by atoms with van der Waals surface area (Å²) in [4.78, 5) is 17.3. The Kier molecular flexibility index (Phi) is 6.50. The molecular weight excluding hydrogens is 627 g/mol. The molecular formula is C44H29N7. The Hall–Kier alpha value is -7.12. The van der Waals surface area contributed by atoms with Crippen LogP contribution in [0.25, 0.3) is 77.1 Å². The van der Waals surface area contributed by atoms with Crippen LogP contribution in [0, 0.1) is 5.41 Å². The molecule has 0 amide bonds. The molecule has 0 spiro atoms. The van der Waals surface area contributed by atoms with Crippen molar-refractivity contribution >= 4 is 60.4 Å². The SMILES string of the molecule is N=C(/N=c1/nc(-c2ccccc2)c2ccccc2[nH]1)c1ccc(-n2c3ccccc3c3cc4c(cc32)c2ccccc2n4-c2cccnc2)cc1. The summed E-state index contributed by atoms with van der Waals surface area (Å²) in [5.41, 5.74) is 10.4. The number of rotatable bonds is 4. The van der Waals surface area contributed by atoms with Gasteiger partial charge in [0.05, 0.1) is 45.2 Å². The number of para-hydroxylation sites is 3. The molecule has 0 saturated heterocycles.